The summed E-state index contributed by atoms with van der Waals surface area (Å²) >= 11 is 0. The number of tetrazole rings is 1. The first-order chi connectivity index (χ1) is 12.0. The van der Waals surface area contributed by atoms with Gasteiger partial charge in [0.25, 0.3) is 0 Å². The van der Waals surface area contributed by atoms with E-state index in [4.69, 9.17) is 4.74 Å². The van der Waals surface area contributed by atoms with Crippen LogP contribution in [0, 0.1) is 11.6 Å². The Bertz CT molecular complexity index is 893. The van der Waals surface area contributed by atoms with Crippen molar-refractivity contribution < 1.29 is 18.3 Å². The molecule has 0 aliphatic heterocycles. The van der Waals surface area contributed by atoms with Crippen molar-refractivity contribution in [3.05, 3.63) is 54.1 Å². The fraction of sp³-hybridized carbons (Fsp3) is 0.125. The highest BCUT2D eigenvalue weighted by atomic mass is 19.1. The topological polar surface area (TPSA) is 81.9 Å². The summed E-state index contributed by atoms with van der Waals surface area (Å²) in [7, 11) is 1.54. The molecule has 9 heteroatoms. The van der Waals surface area contributed by atoms with Gasteiger partial charge in [-0.2, -0.15) is 4.80 Å². The number of aromatic nitrogens is 4. The van der Waals surface area contributed by atoms with Crippen LogP contribution in [-0.4, -0.2) is 33.2 Å². The van der Waals surface area contributed by atoms with E-state index in [2.05, 4.69) is 20.7 Å². The number of methoxy groups -OCH3 is 1. The van der Waals surface area contributed by atoms with Crippen LogP contribution in [0.2, 0.25) is 0 Å². The lowest BCUT2D eigenvalue weighted by Crippen LogP contribution is -2.20. The second-order valence-corrected chi connectivity index (χ2v) is 5.08. The molecule has 1 aromatic heterocycles. The van der Waals surface area contributed by atoms with Crippen molar-refractivity contribution in [1.82, 2.24) is 20.2 Å². The number of anilines is 1. The Kier molecular flexibility index (Phi) is 4.64. The number of hydrogen-bond donors (Lipinski definition) is 1. The molecule has 0 fully saturated rings. The van der Waals surface area contributed by atoms with E-state index in [1.807, 2.05) is 0 Å². The molecule has 0 saturated heterocycles. The van der Waals surface area contributed by atoms with E-state index in [0.717, 1.165) is 23.0 Å². The third-order valence-electron chi connectivity index (χ3n) is 3.21. The standard InChI is InChI=1S/C16H13F2N5O2/c1-25-14-4-2-3-10(5-14)16-20-22-23(21-16)9-15(24)19-13-7-11(17)6-12(18)8-13/h2-8H,9H2,1H3,(H,19,24). The SMILES string of the molecule is COc1cccc(-c2nnn(CC(=O)Nc3cc(F)cc(F)c3)n2)c1. The zero-order valence-electron chi connectivity index (χ0n) is 13.1. The van der Waals surface area contributed by atoms with Crippen LogP contribution in [0.25, 0.3) is 11.4 Å². The molecule has 128 valence electrons. The maximum Gasteiger partial charge on any atom is 0.248 e. The number of carbonyl (C=O) groups is 1. The number of benzene rings is 2. The van der Waals surface area contributed by atoms with Gasteiger partial charge in [-0.3, -0.25) is 4.79 Å². The minimum atomic E-state index is -0.783. The highest BCUT2D eigenvalue weighted by Gasteiger charge is 2.11. The molecule has 1 heterocycles. The molecular formula is C16H13F2N5O2. The lowest BCUT2D eigenvalue weighted by molar-refractivity contribution is -0.117. The summed E-state index contributed by atoms with van der Waals surface area (Å²) in [6, 6.07) is 9.81. The van der Waals surface area contributed by atoms with E-state index in [9.17, 15) is 13.6 Å². The molecule has 0 aliphatic rings. The second-order valence-electron chi connectivity index (χ2n) is 5.08. The average Bonchev–Trinajstić information content (AvgIpc) is 3.02. The highest BCUT2D eigenvalue weighted by Crippen LogP contribution is 2.19. The average molecular weight is 345 g/mol. The summed E-state index contributed by atoms with van der Waals surface area (Å²) < 4.78 is 31.4. The Morgan fingerprint density at radius 3 is 2.68 bits per heavy atom. The number of rotatable bonds is 5. The summed E-state index contributed by atoms with van der Waals surface area (Å²) in [5.41, 5.74) is 0.689. The summed E-state index contributed by atoms with van der Waals surface area (Å²) in [6.07, 6.45) is 0. The molecule has 0 atom stereocenters. The van der Waals surface area contributed by atoms with Crippen molar-refractivity contribution in [2.75, 3.05) is 12.4 Å². The van der Waals surface area contributed by atoms with Crippen LogP contribution in [0.1, 0.15) is 0 Å². The zero-order chi connectivity index (χ0) is 17.8. The van der Waals surface area contributed by atoms with Gasteiger partial charge in [-0.25, -0.2) is 8.78 Å². The first kappa shape index (κ1) is 16.5. The van der Waals surface area contributed by atoms with Crippen molar-refractivity contribution in [2.45, 2.75) is 6.54 Å². The molecule has 1 amide bonds. The van der Waals surface area contributed by atoms with Gasteiger partial charge < -0.3 is 10.1 Å². The molecule has 0 unspecified atom stereocenters. The van der Waals surface area contributed by atoms with Crippen LogP contribution < -0.4 is 10.1 Å². The molecule has 2 aromatic carbocycles. The minimum Gasteiger partial charge on any atom is -0.497 e. The number of nitrogens with zero attached hydrogens (tertiary/aromatic N) is 4. The van der Waals surface area contributed by atoms with Crippen LogP contribution in [0.15, 0.2) is 42.5 Å². The maximum absolute atomic E-state index is 13.1. The number of carbonyl (C=O) groups excluding carboxylic acids is 1. The molecule has 1 N–H and O–H groups in total. The van der Waals surface area contributed by atoms with E-state index in [1.165, 1.54) is 0 Å². The van der Waals surface area contributed by atoms with Gasteiger partial charge >= 0.3 is 0 Å². The molecule has 0 saturated carbocycles. The summed E-state index contributed by atoms with van der Waals surface area (Å²) in [5.74, 6) is -1.15. The Morgan fingerprint density at radius 1 is 1.20 bits per heavy atom. The van der Waals surface area contributed by atoms with Gasteiger partial charge in [0.15, 0.2) is 0 Å². The molecule has 3 aromatic rings. The van der Waals surface area contributed by atoms with E-state index >= 15 is 0 Å². The predicted molar refractivity (Wildman–Crippen MR) is 84.8 cm³/mol. The predicted octanol–water partition coefficient (Wildman–Crippen LogP) is 2.27. The molecule has 3 rings (SSSR count). The van der Waals surface area contributed by atoms with E-state index < -0.39 is 17.5 Å². The van der Waals surface area contributed by atoms with Gasteiger partial charge in [0.2, 0.25) is 11.7 Å². The molecule has 0 spiro atoms. The van der Waals surface area contributed by atoms with E-state index in [0.29, 0.717) is 17.1 Å². The van der Waals surface area contributed by atoms with Crippen molar-refractivity contribution in [3.63, 3.8) is 0 Å². The first-order valence-electron chi connectivity index (χ1n) is 7.21. The van der Waals surface area contributed by atoms with Crippen LogP contribution in [0.3, 0.4) is 0 Å². The van der Waals surface area contributed by atoms with Crippen molar-refractivity contribution in [3.8, 4) is 17.1 Å². The monoisotopic (exact) mass is 345 g/mol. The van der Waals surface area contributed by atoms with Crippen molar-refractivity contribution in [2.24, 2.45) is 0 Å². The third-order valence-corrected chi connectivity index (χ3v) is 3.21. The van der Waals surface area contributed by atoms with Crippen LogP contribution in [0.5, 0.6) is 5.75 Å². The van der Waals surface area contributed by atoms with Gasteiger partial charge in [0.05, 0.1) is 7.11 Å². The number of nitrogens with one attached hydrogen (secondary N) is 1. The summed E-state index contributed by atoms with van der Waals surface area (Å²) in [4.78, 5) is 13.0. The Morgan fingerprint density at radius 2 is 1.96 bits per heavy atom. The Labute approximate surface area is 141 Å². The third kappa shape index (κ3) is 4.14. The maximum atomic E-state index is 13.1. The zero-order valence-corrected chi connectivity index (χ0v) is 13.1. The van der Waals surface area contributed by atoms with Gasteiger partial charge in [0, 0.05) is 17.3 Å². The van der Waals surface area contributed by atoms with Crippen LogP contribution >= 0.6 is 0 Å². The van der Waals surface area contributed by atoms with E-state index in [-0.39, 0.29) is 12.2 Å². The Balaban J connectivity index is 1.69. The van der Waals surface area contributed by atoms with Gasteiger partial charge in [-0.1, -0.05) is 12.1 Å². The number of hydrogen-bond acceptors (Lipinski definition) is 5. The lowest BCUT2D eigenvalue weighted by Gasteiger charge is -2.04. The van der Waals surface area contributed by atoms with Crippen molar-refractivity contribution in [1.29, 1.82) is 0 Å². The molecule has 25 heavy (non-hydrogen) atoms. The van der Waals surface area contributed by atoms with Crippen LogP contribution in [0.4, 0.5) is 14.5 Å². The smallest absolute Gasteiger partial charge is 0.248 e. The van der Waals surface area contributed by atoms with Gasteiger partial charge in [-0.05, 0) is 29.5 Å². The fourth-order valence-corrected chi connectivity index (χ4v) is 2.14. The van der Waals surface area contributed by atoms with Gasteiger partial charge in [-0.15, -0.1) is 10.2 Å². The fourth-order valence-electron chi connectivity index (χ4n) is 2.14. The number of amides is 1. The normalized spacial score (nSPS) is 10.5. The molecule has 0 bridgehead atoms. The molecule has 7 nitrogen and oxygen atoms in total. The van der Waals surface area contributed by atoms with Gasteiger partial charge in [0.1, 0.15) is 23.9 Å². The summed E-state index contributed by atoms with van der Waals surface area (Å²) in [6.45, 7) is -0.255. The Hall–Kier alpha value is -3.36. The summed E-state index contributed by atoms with van der Waals surface area (Å²) in [5, 5.41) is 14.1. The van der Waals surface area contributed by atoms with Crippen molar-refractivity contribution >= 4 is 11.6 Å². The first-order valence-corrected chi connectivity index (χ1v) is 7.21. The quantitative estimate of drug-likeness (QED) is 0.767. The number of ether oxygens (including phenoxy) is 1. The largest absolute Gasteiger partial charge is 0.497 e. The van der Waals surface area contributed by atoms with E-state index in [1.54, 1.807) is 31.4 Å². The minimum absolute atomic E-state index is 0.00985. The molecular weight excluding hydrogens is 332 g/mol. The number of halogens is 2. The highest BCUT2D eigenvalue weighted by molar-refractivity contribution is 5.90. The lowest BCUT2D eigenvalue weighted by atomic mass is 10.2. The molecule has 0 aliphatic carbocycles. The van der Waals surface area contributed by atoms with Crippen LogP contribution in [-0.2, 0) is 11.3 Å². The second kappa shape index (κ2) is 7.04. The molecule has 0 radical (unpaired) electrons.